The Kier molecular flexibility index (Phi) is 6.26. The average molecular weight is 538 g/mol. The first-order valence-corrected chi connectivity index (χ1v) is 13.4. The molecule has 204 valence electrons. The number of fused-ring (bicyclic) bond motifs is 1. The van der Waals surface area contributed by atoms with Crippen LogP contribution in [0, 0.1) is 5.41 Å². The number of hydrogen-bond acceptors (Lipinski definition) is 5. The van der Waals surface area contributed by atoms with Gasteiger partial charge in [0.1, 0.15) is 0 Å². The van der Waals surface area contributed by atoms with Gasteiger partial charge >= 0.3 is 6.18 Å². The summed E-state index contributed by atoms with van der Waals surface area (Å²) in [5.41, 5.74) is 1.13. The van der Waals surface area contributed by atoms with Crippen LogP contribution in [0.1, 0.15) is 66.7 Å². The summed E-state index contributed by atoms with van der Waals surface area (Å²) < 4.78 is 38.9. The van der Waals surface area contributed by atoms with Crippen LogP contribution < -0.4 is 5.32 Å². The van der Waals surface area contributed by atoms with Crippen LogP contribution in [0.25, 0.3) is 10.9 Å². The monoisotopic (exact) mass is 537 g/mol. The van der Waals surface area contributed by atoms with Crippen molar-refractivity contribution in [2.75, 3.05) is 13.1 Å². The van der Waals surface area contributed by atoms with Crippen LogP contribution in [0.15, 0.2) is 54.7 Å². The summed E-state index contributed by atoms with van der Waals surface area (Å²) in [6.07, 6.45) is 1.35. The van der Waals surface area contributed by atoms with Crippen LogP contribution in [0.2, 0.25) is 0 Å². The number of nitrogens with one attached hydrogen (secondary N) is 1. The Balaban J connectivity index is 1.24. The van der Waals surface area contributed by atoms with Crippen molar-refractivity contribution in [3.05, 3.63) is 77.0 Å². The molecule has 3 aliphatic rings. The van der Waals surface area contributed by atoms with Gasteiger partial charge < -0.3 is 5.11 Å². The number of likely N-dealkylation sites (tertiary alicyclic amines) is 1. The Morgan fingerprint density at radius 2 is 1.82 bits per heavy atom. The molecule has 2 atom stereocenters. The van der Waals surface area contributed by atoms with Gasteiger partial charge in [-0.1, -0.05) is 24.6 Å². The molecule has 9 heteroatoms. The predicted molar refractivity (Wildman–Crippen MR) is 138 cm³/mol. The minimum atomic E-state index is -4.35. The molecule has 2 aromatic carbocycles. The van der Waals surface area contributed by atoms with Crippen molar-refractivity contribution in [3.8, 4) is 0 Å². The minimum absolute atomic E-state index is 0.259. The SMILES string of the molecule is O=C1CCC(c2cnc3ccc(C4(O)CCN(Cc5ccc(C(F)(F)F)cc5)CC45CCC5)cc3c2)C(=O)N1. The summed E-state index contributed by atoms with van der Waals surface area (Å²) in [5, 5.41) is 15.4. The van der Waals surface area contributed by atoms with Gasteiger partial charge in [0, 0.05) is 43.1 Å². The van der Waals surface area contributed by atoms with Gasteiger partial charge in [-0.05, 0) is 72.7 Å². The number of hydrogen-bond donors (Lipinski definition) is 2. The number of nitrogens with zero attached hydrogens (tertiary/aromatic N) is 2. The molecule has 1 aromatic heterocycles. The summed E-state index contributed by atoms with van der Waals surface area (Å²) in [6, 6.07) is 13.1. The highest BCUT2D eigenvalue weighted by atomic mass is 19.4. The molecule has 0 bridgehead atoms. The Bertz CT molecular complexity index is 1430. The van der Waals surface area contributed by atoms with E-state index in [1.54, 1.807) is 6.20 Å². The molecular weight excluding hydrogens is 507 g/mol. The molecule has 6 nitrogen and oxygen atoms in total. The lowest BCUT2D eigenvalue weighted by Crippen LogP contribution is -2.60. The second-order valence-electron chi connectivity index (χ2n) is 11.3. The van der Waals surface area contributed by atoms with Gasteiger partial charge in [-0.3, -0.25) is 24.8 Å². The molecule has 2 saturated heterocycles. The van der Waals surface area contributed by atoms with E-state index >= 15 is 0 Å². The van der Waals surface area contributed by atoms with E-state index in [-0.39, 0.29) is 17.2 Å². The lowest BCUT2D eigenvalue weighted by Gasteiger charge is -2.59. The maximum absolute atomic E-state index is 13.0. The molecule has 1 saturated carbocycles. The number of alkyl halides is 3. The number of aliphatic hydroxyl groups is 1. The van der Waals surface area contributed by atoms with Crippen molar-refractivity contribution in [1.29, 1.82) is 0 Å². The number of carbonyl (C=O) groups is 2. The third-order valence-corrected chi connectivity index (χ3v) is 9.01. The molecule has 3 fully saturated rings. The summed E-state index contributed by atoms with van der Waals surface area (Å²) >= 11 is 0. The molecule has 2 amide bonds. The standard InChI is InChI=1S/C30H30F3N3O3/c31-30(32,33)22-4-2-19(3-5-22)17-36-13-12-29(39,28(18-36)10-1-11-28)23-6-8-25-20(15-23)14-21(16-34-25)24-7-9-26(37)35-27(24)38/h2-6,8,14-16,24,39H,1,7,9-13,17-18H2,(H,35,37,38). The zero-order valence-electron chi connectivity index (χ0n) is 21.4. The smallest absolute Gasteiger partial charge is 0.384 e. The van der Waals surface area contributed by atoms with Gasteiger partial charge in [0.05, 0.1) is 22.6 Å². The van der Waals surface area contributed by atoms with Gasteiger partial charge in [0.25, 0.3) is 0 Å². The van der Waals surface area contributed by atoms with Gasteiger partial charge in [0.15, 0.2) is 0 Å². The number of piperidine rings is 2. The van der Waals surface area contributed by atoms with Gasteiger partial charge in [-0.2, -0.15) is 13.2 Å². The van der Waals surface area contributed by atoms with Crippen molar-refractivity contribution >= 4 is 22.7 Å². The molecule has 2 aliphatic heterocycles. The fourth-order valence-corrected chi connectivity index (χ4v) is 6.65. The first-order valence-electron chi connectivity index (χ1n) is 13.4. The van der Waals surface area contributed by atoms with Crippen LogP contribution in [0.4, 0.5) is 13.2 Å². The maximum Gasteiger partial charge on any atom is 0.416 e. The number of imide groups is 1. The molecule has 6 rings (SSSR count). The number of aromatic nitrogens is 1. The summed E-state index contributed by atoms with van der Waals surface area (Å²) in [5.74, 6) is -1.00. The second-order valence-corrected chi connectivity index (χ2v) is 11.3. The van der Waals surface area contributed by atoms with Gasteiger partial charge in [0.2, 0.25) is 11.8 Å². The average Bonchev–Trinajstić information content (AvgIpc) is 2.88. The van der Waals surface area contributed by atoms with E-state index in [2.05, 4.69) is 15.2 Å². The quantitative estimate of drug-likeness (QED) is 0.456. The van der Waals surface area contributed by atoms with Crippen molar-refractivity contribution < 1.29 is 27.9 Å². The highest BCUT2D eigenvalue weighted by Gasteiger charge is 2.57. The number of halogens is 3. The van der Waals surface area contributed by atoms with E-state index in [1.165, 1.54) is 12.1 Å². The van der Waals surface area contributed by atoms with E-state index in [4.69, 9.17) is 0 Å². The highest BCUT2D eigenvalue weighted by Crippen LogP contribution is 2.58. The maximum atomic E-state index is 13.0. The number of amides is 2. The fourth-order valence-electron chi connectivity index (χ4n) is 6.65. The summed E-state index contributed by atoms with van der Waals surface area (Å²) in [6.45, 7) is 1.82. The van der Waals surface area contributed by atoms with Crippen molar-refractivity contribution in [1.82, 2.24) is 15.2 Å². The molecule has 1 spiro atoms. The normalized spacial score (nSPS) is 25.5. The third-order valence-electron chi connectivity index (χ3n) is 9.01. The van der Waals surface area contributed by atoms with Gasteiger partial charge in [-0.15, -0.1) is 0 Å². The largest absolute Gasteiger partial charge is 0.416 e. The zero-order chi connectivity index (χ0) is 27.4. The van der Waals surface area contributed by atoms with E-state index in [0.29, 0.717) is 38.9 Å². The number of rotatable bonds is 4. The number of benzene rings is 2. The first-order chi connectivity index (χ1) is 18.6. The van der Waals surface area contributed by atoms with Crippen LogP contribution >= 0.6 is 0 Å². The molecular formula is C30H30F3N3O3. The molecule has 3 aromatic rings. The molecule has 2 unspecified atom stereocenters. The van der Waals surface area contributed by atoms with Crippen LogP contribution in [-0.2, 0) is 27.9 Å². The van der Waals surface area contributed by atoms with Crippen molar-refractivity contribution in [2.24, 2.45) is 5.41 Å². The molecule has 0 radical (unpaired) electrons. The number of pyridine rings is 1. The van der Waals surface area contributed by atoms with E-state index in [9.17, 15) is 27.9 Å². The molecule has 1 aliphatic carbocycles. The zero-order valence-corrected chi connectivity index (χ0v) is 21.4. The minimum Gasteiger partial charge on any atom is -0.384 e. The molecule has 2 N–H and O–H groups in total. The number of carbonyl (C=O) groups excluding carboxylic acids is 2. The topological polar surface area (TPSA) is 82.5 Å². The van der Waals surface area contributed by atoms with E-state index in [1.807, 2.05) is 24.3 Å². The Labute approximate surface area is 224 Å². The third kappa shape index (κ3) is 4.61. The first kappa shape index (κ1) is 26.0. The van der Waals surface area contributed by atoms with Crippen LogP contribution in [0.3, 0.4) is 0 Å². The van der Waals surface area contributed by atoms with Crippen molar-refractivity contribution in [2.45, 2.75) is 62.8 Å². The van der Waals surface area contributed by atoms with E-state index < -0.39 is 23.3 Å². The van der Waals surface area contributed by atoms with Gasteiger partial charge in [-0.25, -0.2) is 0 Å². The summed E-state index contributed by atoms with van der Waals surface area (Å²) in [4.78, 5) is 30.8. The fraction of sp³-hybridized carbons (Fsp3) is 0.433. The van der Waals surface area contributed by atoms with Crippen LogP contribution in [-0.4, -0.2) is 39.9 Å². The molecule has 3 heterocycles. The molecule has 39 heavy (non-hydrogen) atoms. The van der Waals surface area contributed by atoms with E-state index in [0.717, 1.165) is 59.0 Å². The Morgan fingerprint density at radius 3 is 2.49 bits per heavy atom. The Morgan fingerprint density at radius 1 is 1.05 bits per heavy atom. The highest BCUT2D eigenvalue weighted by molar-refractivity contribution is 6.01. The van der Waals surface area contributed by atoms with Crippen LogP contribution in [0.5, 0.6) is 0 Å². The lowest BCUT2D eigenvalue weighted by molar-refractivity contribution is -0.180. The second kappa shape index (κ2) is 9.41. The Hall–Kier alpha value is -3.30. The predicted octanol–water partition coefficient (Wildman–Crippen LogP) is 5.04. The lowest BCUT2D eigenvalue weighted by atomic mass is 9.54. The van der Waals surface area contributed by atoms with Crippen molar-refractivity contribution in [3.63, 3.8) is 0 Å². The summed E-state index contributed by atoms with van der Waals surface area (Å²) in [7, 11) is 0.